The van der Waals surface area contributed by atoms with Gasteiger partial charge in [0, 0.05) is 13.7 Å². The number of halogens is 4. The molecule has 0 fully saturated rings. The van der Waals surface area contributed by atoms with Crippen LogP contribution < -0.4 is 5.32 Å². The lowest BCUT2D eigenvalue weighted by molar-refractivity contribution is -0.137. The van der Waals surface area contributed by atoms with Crippen LogP contribution in [0.15, 0.2) is 18.2 Å². The molecule has 0 aliphatic rings. The molecule has 1 aromatic rings. The Bertz CT molecular complexity index is 427. The van der Waals surface area contributed by atoms with Crippen molar-refractivity contribution in [1.82, 2.24) is 5.32 Å². The quantitative estimate of drug-likeness (QED) is 0.761. The van der Waals surface area contributed by atoms with Crippen molar-refractivity contribution < 1.29 is 23.0 Å². The fourth-order valence-corrected chi connectivity index (χ4v) is 1.90. The van der Waals surface area contributed by atoms with E-state index in [2.05, 4.69) is 5.32 Å². The van der Waals surface area contributed by atoms with Crippen LogP contribution in [-0.2, 0) is 17.5 Å². The van der Waals surface area contributed by atoms with Gasteiger partial charge in [-0.05, 0) is 30.7 Å². The monoisotopic (exact) mass is 311 g/mol. The van der Waals surface area contributed by atoms with Crippen molar-refractivity contribution in [2.24, 2.45) is 0 Å². The summed E-state index contributed by atoms with van der Waals surface area (Å²) in [6.45, 7) is 0.995. The van der Waals surface area contributed by atoms with Gasteiger partial charge in [0.2, 0.25) is 0 Å². The molecule has 1 unspecified atom stereocenters. The van der Waals surface area contributed by atoms with Gasteiger partial charge in [0.1, 0.15) is 0 Å². The van der Waals surface area contributed by atoms with Gasteiger partial charge >= 0.3 is 6.18 Å². The van der Waals surface area contributed by atoms with Crippen LogP contribution in [-0.4, -0.2) is 31.5 Å². The highest BCUT2D eigenvalue weighted by Crippen LogP contribution is 2.35. The number of hydrogen-bond acceptors (Lipinski definition) is 3. The van der Waals surface area contributed by atoms with Crippen LogP contribution in [0.3, 0.4) is 0 Å². The molecule has 0 bridgehead atoms. The van der Waals surface area contributed by atoms with E-state index >= 15 is 0 Å². The number of methoxy groups -OCH3 is 1. The molecule has 0 aliphatic heterocycles. The van der Waals surface area contributed by atoms with Crippen LogP contribution in [0.25, 0.3) is 0 Å². The maximum Gasteiger partial charge on any atom is 0.417 e. The van der Waals surface area contributed by atoms with E-state index in [0.29, 0.717) is 18.5 Å². The minimum absolute atomic E-state index is 0.237. The summed E-state index contributed by atoms with van der Waals surface area (Å²) in [7, 11) is 1.49. The van der Waals surface area contributed by atoms with Crippen LogP contribution in [0, 0.1) is 0 Å². The number of ether oxygens (including phenoxy) is 1. The predicted octanol–water partition coefficient (Wildman–Crippen LogP) is 2.85. The van der Waals surface area contributed by atoms with Gasteiger partial charge in [-0.1, -0.05) is 17.7 Å². The number of alkyl halides is 3. The van der Waals surface area contributed by atoms with Gasteiger partial charge in [-0.3, -0.25) is 0 Å². The molecule has 0 saturated heterocycles. The molecule has 2 N–H and O–H groups in total. The van der Waals surface area contributed by atoms with Crippen molar-refractivity contribution in [1.29, 1.82) is 0 Å². The Balaban J connectivity index is 2.49. The van der Waals surface area contributed by atoms with Crippen LogP contribution in [0.4, 0.5) is 13.2 Å². The molecule has 0 aliphatic carbocycles. The summed E-state index contributed by atoms with van der Waals surface area (Å²) in [6, 6.07) is 3.80. The molecule has 20 heavy (non-hydrogen) atoms. The zero-order chi connectivity index (χ0) is 15.2. The number of aliphatic hydroxyl groups is 1. The lowest BCUT2D eigenvalue weighted by Crippen LogP contribution is -2.23. The molecule has 7 heteroatoms. The van der Waals surface area contributed by atoms with Gasteiger partial charge in [-0.25, -0.2) is 0 Å². The molecule has 0 heterocycles. The molecule has 0 amide bonds. The molecule has 0 spiro atoms. The van der Waals surface area contributed by atoms with E-state index in [1.807, 2.05) is 0 Å². The number of nitrogens with one attached hydrogen (secondary N) is 1. The molecular weight excluding hydrogens is 295 g/mol. The van der Waals surface area contributed by atoms with Gasteiger partial charge < -0.3 is 15.2 Å². The molecular formula is C13H17ClF3NO2. The van der Waals surface area contributed by atoms with E-state index in [1.165, 1.54) is 19.2 Å². The number of rotatable bonds is 7. The standard InChI is InChI=1S/C13H17ClF3NO2/c1-20-8-10(19)4-5-18-7-9-2-3-12(14)11(6-9)13(15,16)17/h2-3,6,10,18-19H,4-5,7-8H2,1H3. The summed E-state index contributed by atoms with van der Waals surface area (Å²) in [4.78, 5) is 0. The Labute approximate surface area is 120 Å². The predicted molar refractivity (Wildman–Crippen MR) is 70.7 cm³/mol. The average molecular weight is 312 g/mol. The molecule has 1 aromatic carbocycles. The first kappa shape index (κ1) is 17.2. The van der Waals surface area contributed by atoms with E-state index in [9.17, 15) is 18.3 Å². The number of benzene rings is 1. The minimum atomic E-state index is -4.46. The lowest BCUT2D eigenvalue weighted by Gasteiger charge is -2.12. The molecule has 1 rings (SSSR count). The molecule has 3 nitrogen and oxygen atoms in total. The average Bonchev–Trinajstić information content (AvgIpc) is 2.35. The molecule has 1 atom stereocenters. The molecule has 0 radical (unpaired) electrons. The van der Waals surface area contributed by atoms with Crippen molar-refractivity contribution in [3.63, 3.8) is 0 Å². The summed E-state index contributed by atoms with van der Waals surface area (Å²) in [5.74, 6) is 0. The third-order valence-electron chi connectivity index (χ3n) is 2.68. The topological polar surface area (TPSA) is 41.5 Å². The summed E-state index contributed by atoms with van der Waals surface area (Å²) in [5.41, 5.74) is -0.346. The Hall–Kier alpha value is -0.820. The fourth-order valence-electron chi connectivity index (χ4n) is 1.68. The van der Waals surface area contributed by atoms with Gasteiger partial charge in [-0.2, -0.15) is 13.2 Å². The fraction of sp³-hybridized carbons (Fsp3) is 0.538. The normalized spacial score (nSPS) is 13.5. The first-order chi connectivity index (χ1) is 9.34. The van der Waals surface area contributed by atoms with Crippen molar-refractivity contribution >= 4 is 11.6 Å². The van der Waals surface area contributed by atoms with Gasteiger partial charge in [0.05, 0.1) is 23.3 Å². The maximum atomic E-state index is 12.7. The summed E-state index contributed by atoms with van der Waals surface area (Å²) >= 11 is 5.53. The van der Waals surface area contributed by atoms with E-state index < -0.39 is 17.8 Å². The largest absolute Gasteiger partial charge is 0.417 e. The SMILES string of the molecule is COCC(O)CCNCc1ccc(Cl)c(C(F)(F)F)c1. The second-order valence-electron chi connectivity index (χ2n) is 4.39. The van der Waals surface area contributed by atoms with E-state index in [0.717, 1.165) is 6.07 Å². The third-order valence-corrected chi connectivity index (χ3v) is 3.01. The zero-order valence-corrected chi connectivity index (χ0v) is 11.8. The van der Waals surface area contributed by atoms with Crippen LogP contribution in [0.5, 0.6) is 0 Å². The number of aliphatic hydroxyl groups excluding tert-OH is 1. The number of hydrogen-bond donors (Lipinski definition) is 2. The van der Waals surface area contributed by atoms with Gasteiger partial charge in [-0.15, -0.1) is 0 Å². The van der Waals surface area contributed by atoms with Crippen molar-refractivity contribution in [2.75, 3.05) is 20.3 Å². The first-order valence-electron chi connectivity index (χ1n) is 6.08. The molecule has 0 aromatic heterocycles. The highest BCUT2D eigenvalue weighted by molar-refractivity contribution is 6.31. The summed E-state index contributed by atoms with van der Waals surface area (Å²) < 4.78 is 42.7. The van der Waals surface area contributed by atoms with E-state index in [4.69, 9.17) is 16.3 Å². The maximum absolute atomic E-state index is 12.7. The van der Waals surface area contributed by atoms with E-state index in [1.54, 1.807) is 0 Å². The van der Waals surface area contributed by atoms with Crippen molar-refractivity contribution in [2.45, 2.75) is 25.2 Å². The highest BCUT2D eigenvalue weighted by Gasteiger charge is 2.33. The van der Waals surface area contributed by atoms with Gasteiger partial charge in [0.15, 0.2) is 0 Å². The van der Waals surface area contributed by atoms with Crippen molar-refractivity contribution in [3.8, 4) is 0 Å². The minimum Gasteiger partial charge on any atom is -0.391 e. The summed E-state index contributed by atoms with van der Waals surface area (Å²) in [6.07, 6.45) is -4.57. The second-order valence-corrected chi connectivity index (χ2v) is 4.79. The Morgan fingerprint density at radius 1 is 1.40 bits per heavy atom. The van der Waals surface area contributed by atoms with Crippen molar-refractivity contribution in [3.05, 3.63) is 34.3 Å². The molecule has 114 valence electrons. The molecule has 0 saturated carbocycles. The van der Waals surface area contributed by atoms with Crippen LogP contribution >= 0.6 is 11.6 Å². The van der Waals surface area contributed by atoms with Gasteiger partial charge in [0.25, 0.3) is 0 Å². The van der Waals surface area contributed by atoms with Crippen LogP contribution in [0.2, 0.25) is 5.02 Å². The Morgan fingerprint density at radius 2 is 2.10 bits per heavy atom. The van der Waals surface area contributed by atoms with E-state index in [-0.39, 0.29) is 18.2 Å². The lowest BCUT2D eigenvalue weighted by atomic mass is 10.1. The zero-order valence-electron chi connectivity index (χ0n) is 11.0. The second kappa shape index (κ2) is 7.83. The smallest absolute Gasteiger partial charge is 0.391 e. The first-order valence-corrected chi connectivity index (χ1v) is 6.45. The Morgan fingerprint density at radius 3 is 2.70 bits per heavy atom. The highest BCUT2D eigenvalue weighted by atomic mass is 35.5. The third kappa shape index (κ3) is 5.66. The van der Waals surface area contributed by atoms with Crippen LogP contribution in [0.1, 0.15) is 17.5 Å². The summed E-state index contributed by atoms with van der Waals surface area (Å²) in [5, 5.41) is 12.1. The Kier molecular flexibility index (Phi) is 6.75.